The Labute approximate surface area is 229 Å². The van der Waals surface area contributed by atoms with Crippen LogP contribution in [0.4, 0.5) is 0 Å². The van der Waals surface area contributed by atoms with Crippen LogP contribution in [-0.2, 0) is 0 Å². The van der Waals surface area contributed by atoms with Gasteiger partial charge in [-0.3, -0.25) is 19.9 Å². The van der Waals surface area contributed by atoms with Crippen molar-refractivity contribution in [2.75, 3.05) is 0 Å². The van der Waals surface area contributed by atoms with Crippen molar-refractivity contribution < 1.29 is 0 Å². The fourth-order valence-corrected chi connectivity index (χ4v) is 5.75. The molecule has 8 heteroatoms. The molecule has 40 heavy (non-hydrogen) atoms. The van der Waals surface area contributed by atoms with Crippen LogP contribution < -0.4 is 0 Å². The number of nitrogens with one attached hydrogen (secondary N) is 2. The highest BCUT2D eigenvalue weighted by atomic mass is 15.0. The molecule has 0 spiro atoms. The van der Waals surface area contributed by atoms with Crippen molar-refractivity contribution in [2.24, 2.45) is 0 Å². The van der Waals surface area contributed by atoms with E-state index in [1.165, 1.54) is 0 Å². The zero-order valence-electron chi connectivity index (χ0n) is 22.6. The van der Waals surface area contributed by atoms with Gasteiger partial charge in [0.15, 0.2) is 0 Å². The van der Waals surface area contributed by atoms with Gasteiger partial charge in [-0.15, -0.1) is 0 Å². The van der Waals surface area contributed by atoms with Gasteiger partial charge in [0, 0.05) is 58.2 Å². The highest BCUT2D eigenvalue weighted by Gasteiger charge is 2.19. The van der Waals surface area contributed by atoms with Crippen LogP contribution in [0.2, 0.25) is 0 Å². The van der Waals surface area contributed by atoms with Crippen molar-refractivity contribution >= 4 is 65.7 Å². The van der Waals surface area contributed by atoms with Gasteiger partial charge in [-0.1, -0.05) is 52.0 Å². The number of rotatable bonds is 3. The Hall–Kier alpha value is -4.98. The molecule has 8 rings (SSSR count). The minimum Gasteiger partial charge on any atom is -0.341 e. The molecule has 8 nitrogen and oxygen atoms in total. The molecule has 2 N–H and O–H groups in total. The molecular formula is C32H26N8. The summed E-state index contributed by atoms with van der Waals surface area (Å²) in [5.74, 6) is 2.46. The van der Waals surface area contributed by atoms with Crippen molar-refractivity contribution in [1.29, 1.82) is 0 Å². The van der Waals surface area contributed by atoms with E-state index in [2.05, 4.69) is 84.0 Å². The molecule has 0 amide bonds. The third-order valence-electron chi connectivity index (χ3n) is 7.80. The molecule has 0 aliphatic heterocycles. The van der Waals surface area contributed by atoms with E-state index >= 15 is 0 Å². The first kappa shape index (κ1) is 23.0. The predicted molar refractivity (Wildman–Crippen MR) is 161 cm³/mol. The highest BCUT2D eigenvalue weighted by Crippen LogP contribution is 2.38. The number of benzene rings is 4. The minimum absolute atomic E-state index is 0.280. The molecule has 4 heterocycles. The maximum atomic E-state index is 4.89. The summed E-state index contributed by atoms with van der Waals surface area (Å²) in [5.41, 5.74) is 9.25. The number of imidazole rings is 2. The van der Waals surface area contributed by atoms with E-state index in [9.17, 15) is 0 Å². The third kappa shape index (κ3) is 3.19. The first-order chi connectivity index (χ1) is 19.5. The summed E-state index contributed by atoms with van der Waals surface area (Å²) in [6.07, 6.45) is 6.96. The number of aromatic amines is 2. The standard InChI is InChI=1S/C32H26N8/c1-15(2)31-37-25-19-7-5-17(13-21(19)23-27(29(25)39-31)35-11-9-33-23)18-6-8-20-22(14-18)24-28(36-12-10-34-24)30-26(20)38-32(40-30)16(3)4/h5-16H,1-4H3,(H,37,39)(H,38,40). The lowest BCUT2D eigenvalue weighted by Crippen LogP contribution is -1.90. The molecule has 0 aliphatic rings. The molecule has 194 valence electrons. The van der Waals surface area contributed by atoms with Crippen LogP contribution in [-0.4, -0.2) is 39.9 Å². The van der Waals surface area contributed by atoms with Crippen LogP contribution in [0.25, 0.3) is 76.8 Å². The average molecular weight is 523 g/mol. The zero-order valence-corrected chi connectivity index (χ0v) is 22.6. The first-order valence-electron chi connectivity index (χ1n) is 13.6. The van der Waals surface area contributed by atoms with E-state index < -0.39 is 0 Å². The van der Waals surface area contributed by atoms with Gasteiger partial charge in [0.05, 0.1) is 22.1 Å². The topological polar surface area (TPSA) is 109 Å². The molecule has 0 bridgehead atoms. The van der Waals surface area contributed by atoms with Gasteiger partial charge in [0.1, 0.15) is 33.7 Å². The van der Waals surface area contributed by atoms with Crippen molar-refractivity contribution in [1.82, 2.24) is 39.9 Å². The van der Waals surface area contributed by atoms with E-state index in [4.69, 9.17) is 19.9 Å². The number of fused-ring (bicyclic) bond motifs is 12. The van der Waals surface area contributed by atoms with Gasteiger partial charge in [-0.05, 0) is 23.3 Å². The molecule has 0 atom stereocenters. The van der Waals surface area contributed by atoms with Gasteiger partial charge in [0.2, 0.25) is 0 Å². The lowest BCUT2D eigenvalue weighted by molar-refractivity contribution is 0.799. The normalized spacial score (nSPS) is 12.4. The monoisotopic (exact) mass is 522 g/mol. The predicted octanol–water partition coefficient (Wildman–Crippen LogP) is 7.55. The number of hydrogen-bond acceptors (Lipinski definition) is 6. The fourth-order valence-electron chi connectivity index (χ4n) is 5.75. The second-order valence-corrected chi connectivity index (χ2v) is 11.0. The van der Waals surface area contributed by atoms with Gasteiger partial charge in [-0.25, -0.2) is 9.97 Å². The van der Waals surface area contributed by atoms with E-state index in [0.29, 0.717) is 0 Å². The van der Waals surface area contributed by atoms with Crippen LogP contribution in [0.15, 0.2) is 61.2 Å². The number of nitrogens with zero attached hydrogens (tertiary/aromatic N) is 6. The Bertz CT molecular complexity index is 2130. The van der Waals surface area contributed by atoms with Crippen LogP contribution >= 0.6 is 0 Å². The fraction of sp³-hybridized carbons (Fsp3) is 0.188. The Morgan fingerprint density at radius 1 is 0.475 bits per heavy atom. The van der Waals surface area contributed by atoms with Gasteiger partial charge in [-0.2, -0.15) is 0 Å². The number of hydrogen-bond donors (Lipinski definition) is 2. The van der Waals surface area contributed by atoms with Crippen molar-refractivity contribution in [3.8, 4) is 11.1 Å². The van der Waals surface area contributed by atoms with Crippen molar-refractivity contribution in [3.05, 3.63) is 72.8 Å². The summed E-state index contributed by atoms with van der Waals surface area (Å²) < 4.78 is 0. The summed E-state index contributed by atoms with van der Waals surface area (Å²) in [4.78, 5) is 35.8. The number of aromatic nitrogens is 8. The van der Waals surface area contributed by atoms with Crippen molar-refractivity contribution in [3.63, 3.8) is 0 Å². The molecular weight excluding hydrogens is 496 g/mol. The van der Waals surface area contributed by atoms with Crippen LogP contribution in [0, 0.1) is 0 Å². The largest absolute Gasteiger partial charge is 0.341 e. The molecule has 4 aromatic heterocycles. The lowest BCUT2D eigenvalue weighted by Gasteiger charge is -2.10. The summed E-state index contributed by atoms with van der Waals surface area (Å²) in [7, 11) is 0. The zero-order chi connectivity index (χ0) is 27.1. The molecule has 4 aromatic carbocycles. The number of H-pyrrole nitrogens is 2. The Kier molecular flexibility index (Phi) is 4.74. The van der Waals surface area contributed by atoms with E-state index in [0.717, 1.165) is 88.5 Å². The summed E-state index contributed by atoms with van der Waals surface area (Å²) in [6.45, 7) is 8.56. The quantitative estimate of drug-likeness (QED) is 0.232. The summed E-state index contributed by atoms with van der Waals surface area (Å²) in [6, 6.07) is 13.1. The molecule has 0 saturated carbocycles. The maximum absolute atomic E-state index is 4.89. The third-order valence-corrected chi connectivity index (χ3v) is 7.80. The van der Waals surface area contributed by atoms with E-state index in [1.54, 1.807) is 24.8 Å². The molecule has 0 aliphatic carbocycles. The second kappa shape index (κ2) is 8.26. The van der Waals surface area contributed by atoms with E-state index in [-0.39, 0.29) is 11.8 Å². The summed E-state index contributed by atoms with van der Waals surface area (Å²) in [5, 5.41) is 4.26. The molecule has 0 fully saturated rings. The van der Waals surface area contributed by atoms with Crippen LogP contribution in [0.1, 0.15) is 51.2 Å². The SMILES string of the molecule is CC(C)c1nc2c3nccnc3c3cc(-c4ccc5c(c4)c4nccnc4c4nc(C(C)C)[nH]c54)ccc3c2[nH]1. The van der Waals surface area contributed by atoms with Crippen LogP contribution in [0.3, 0.4) is 0 Å². The summed E-state index contributed by atoms with van der Waals surface area (Å²) >= 11 is 0. The van der Waals surface area contributed by atoms with Crippen LogP contribution in [0.5, 0.6) is 0 Å². The lowest BCUT2D eigenvalue weighted by atomic mass is 9.96. The van der Waals surface area contributed by atoms with Crippen molar-refractivity contribution in [2.45, 2.75) is 39.5 Å². The Balaban J connectivity index is 1.41. The molecule has 0 unspecified atom stereocenters. The molecule has 0 saturated heterocycles. The maximum Gasteiger partial charge on any atom is 0.117 e. The Morgan fingerprint density at radius 3 is 1.27 bits per heavy atom. The smallest absolute Gasteiger partial charge is 0.117 e. The van der Waals surface area contributed by atoms with Gasteiger partial charge < -0.3 is 9.97 Å². The minimum atomic E-state index is 0.280. The van der Waals surface area contributed by atoms with E-state index in [1.807, 2.05) is 0 Å². The van der Waals surface area contributed by atoms with Gasteiger partial charge >= 0.3 is 0 Å². The second-order valence-electron chi connectivity index (χ2n) is 11.0. The first-order valence-corrected chi connectivity index (χ1v) is 13.6. The average Bonchev–Trinajstić information content (AvgIpc) is 3.64. The van der Waals surface area contributed by atoms with Gasteiger partial charge in [0.25, 0.3) is 0 Å². The molecule has 0 radical (unpaired) electrons. The highest BCUT2D eigenvalue weighted by molar-refractivity contribution is 6.23. The molecule has 8 aromatic rings. The Morgan fingerprint density at radius 2 is 0.875 bits per heavy atom.